The molecule has 1 heterocycles. The molecule has 1 atom stereocenters. The first kappa shape index (κ1) is 18.9. The number of para-hydroxylation sites is 1. The van der Waals surface area contributed by atoms with E-state index in [2.05, 4.69) is 128 Å². The summed E-state index contributed by atoms with van der Waals surface area (Å²) in [7, 11) is 2.20. The number of nitrogens with zero attached hydrogens (tertiary/aromatic N) is 1. The van der Waals surface area contributed by atoms with E-state index in [1.54, 1.807) is 0 Å². The molecule has 1 aliphatic rings. The van der Waals surface area contributed by atoms with Gasteiger partial charge in [-0.2, -0.15) is 0 Å². The predicted molar refractivity (Wildman–Crippen MR) is 136 cm³/mol. The highest BCUT2D eigenvalue weighted by molar-refractivity contribution is 6.11. The molecule has 0 spiro atoms. The number of aryl methyl sites for hydroxylation is 1. The SMILES string of the molecule is CC1=C(c2c(-c3ccccc3)n(C)c3ccccc23)C(c2ccccc2)c2ccccc21. The molecule has 0 saturated carbocycles. The van der Waals surface area contributed by atoms with E-state index in [0.29, 0.717) is 0 Å². The summed E-state index contributed by atoms with van der Waals surface area (Å²) in [5, 5.41) is 1.32. The van der Waals surface area contributed by atoms with Crippen LogP contribution in [0.3, 0.4) is 0 Å². The number of aromatic nitrogens is 1. The largest absolute Gasteiger partial charge is 0.343 e. The summed E-state index contributed by atoms with van der Waals surface area (Å²) in [6.45, 7) is 2.30. The second-order valence-electron chi connectivity index (χ2n) is 8.64. The van der Waals surface area contributed by atoms with E-state index in [1.807, 2.05) is 0 Å². The van der Waals surface area contributed by atoms with Crippen LogP contribution in [0.5, 0.6) is 0 Å². The lowest BCUT2D eigenvalue weighted by molar-refractivity contribution is 0.973. The van der Waals surface area contributed by atoms with Gasteiger partial charge in [-0.1, -0.05) is 103 Å². The van der Waals surface area contributed by atoms with Crippen LogP contribution in [0.2, 0.25) is 0 Å². The van der Waals surface area contributed by atoms with Gasteiger partial charge in [0.1, 0.15) is 0 Å². The maximum absolute atomic E-state index is 2.37. The number of hydrogen-bond acceptors (Lipinski definition) is 0. The summed E-state index contributed by atoms with van der Waals surface area (Å²) in [6, 6.07) is 39.5. The number of hydrogen-bond donors (Lipinski definition) is 0. The van der Waals surface area contributed by atoms with Gasteiger partial charge in [-0.3, -0.25) is 0 Å². The lowest BCUT2D eigenvalue weighted by Crippen LogP contribution is -2.02. The van der Waals surface area contributed by atoms with Gasteiger partial charge in [-0.25, -0.2) is 0 Å². The molecule has 1 unspecified atom stereocenters. The molecule has 0 radical (unpaired) electrons. The zero-order valence-corrected chi connectivity index (χ0v) is 18.4. The standard InChI is InChI=1S/C31H25N/c1-21-24-17-9-10-18-25(24)29(22-13-5-3-6-14-22)28(21)30-26-19-11-12-20-27(26)32(2)31(30)23-15-7-4-8-16-23/h3-20,29H,1-2H3. The molecule has 0 fully saturated rings. The van der Waals surface area contributed by atoms with Crippen LogP contribution in [0.25, 0.3) is 33.3 Å². The van der Waals surface area contributed by atoms with Crippen molar-refractivity contribution in [2.45, 2.75) is 12.8 Å². The van der Waals surface area contributed by atoms with Crippen molar-refractivity contribution in [1.29, 1.82) is 0 Å². The molecule has 0 N–H and O–H groups in total. The van der Waals surface area contributed by atoms with Gasteiger partial charge < -0.3 is 4.57 Å². The van der Waals surface area contributed by atoms with Crippen molar-refractivity contribution in [3.63, 3.8) is 0 Å². The predicted octanol–water partition coefficient (Wildman–Crippen LogP) is 7.92. The quantitative estimate of drug-likeness (QED) is 0.284. The van der Waals surface area contributed by atoms with E-state index >= 15 is 0 Å². The third-order valence-corrected chi connectivity index (χ3v) is 6.92. The van der Waals surface area contributed by atoms with Gasteiger partial charge in [-0.15, -0.1) is 0 Å². The molecule has 0 saturated heterocycles. The number of allylic oxidation sites excluding steroid dienone is 2. The van der Waals surface area contributed by atoms with Crippen LogP contribution in [0.15, 0.2) is 109 Å². The van der Waals surface area contributed by atoms with Gasteiger partial charge in [-0.05, 0) is 46.4 Å². The van der Waals surface area contributed by atoms with Crippen molar-refractivity contribution in [2.75, 3.05) is 0 Å². The monoisotopic (exact) mass is 411 g/mol. The Morgan fingerprint density at radius 1 is 0.656 bits per heavy atom. The lowest BCUT2D eigenvalue weighted by Gasteiger charge is -2.20. The fourth-order valence-corrected chi connectivity index (χ4v) is 5.53. The smallest absolute Gasteiger partial charge is 0.0565 e. The van der Waals surface area contributed by atoms with Crippen LogP contribution in [-0.4, -0.2) is 4.57 Å². The van der Waals surface area contributed by atoms with E-state index in [4.69, 9.17) is 0 Å². The van der Waals surface area contributed by atoms with Gasteiger partial charge in [0.15, 0.2) is 0 Å². The molecule has 1 nitrogen and oxygen atoms in total. The number of benzene rings is 4. The summed E-state index contributed by atoms with van der Waals surface area (Å²) in [6.07, 6.45) is 0. The second-order valence-corrected chi connectivity index (χ2v) is 8.64. The molecule has 4 aromatic carbocycles. The Labute approximate surface area is 189 Å². The topological polar surface area (TPSA) is 4.93 Å². The van der Waals surface area contributed by atoms with E-state index in [-0.39, 0.29) is 5.92 Å². The van der Waals surface area contributed by atoms with Crippen molar-refractivity contribution in [1.82, 2.24) is 4.57 Å². The van der Waals surface area contributed by atoms with E-state index in [1.165, 1.54) is 55.6 Å². The Balaban J connectivity index is 1.73. The van der Waals surface area contributed by atoms with Crippen LogP contribution in [0.1, 0.15) is 35.1 Å². The van der Waals surface area contributed by atoms with Crippen molar-refractivity contribution in [3.05, 3.63) is 131 Å². The average molecular weight is 412 g/mol. The number of fused-ring (bicyclic) bond motifs is 2. The molecule has 0 bridgehead atoms. The average Bonchev–Trinajstić information content (AvgIpc) is 3.31. The summed E-state index contributed by atoms with van der Waals surface area (Å²) >= 11 is 0. The minimum atomic E-state index is 0.223. The molecular formula is C31H25N. The second kappa shape index (κ2) is 7.39. The maximum Gasteiger partial charge on any atom is 0.0565 e. The van der Waals surface area contributed by atoms with Crippen LogP contribution in [-0.2, 0) is 7.05 Å². The van der Waals surface area contributed by atoms with Crippen LogP contribution < -0.4 is 0 Å². The first-order valence-electron chi connectivity index (χ1n) is 11.2. The van der Waals surface area contributed by atoms with Crippen LogP contribution in [0.4, 0.5) is 0 Å². The molecule has 0 aliphatic heterocycles. The van der Waals surface area contributed by atoms with Crippen LogP contribution >= 0.6 is 0 Å². The zero-order valence-electron chi connectivity index (χ0n) is 18.4. The minimum absolute atomic E-state index is 0.223. The van der Waals surface area contributed by atoms with Crippen molar-refractivity contribution in [2.24, 2.45) is 7.05 Å². The normalized spacial score (nSPS) is 15.4. The molecule has 154 valence electrons. The lowest BCUT2D eigenvalue weighted by atomic mass is 9.83. The molecule has 1 aromatic heterocycles. The molecule has 32 heavy (non-hydrogen) atoms. The van der Waals surface area contributed by atoms with Gasteiger partial charge in [0.25, 0.3) is 0 Å². The molecule has 6 rings (SSSR count). The van der Waals surface area contributed by atoms with E-state index in [9.17, 15) is 0 Å². The van der Waals surface area contributed by atoms with Gasteiger partial charge in [0.2, 0.25) is 0 Å². The third kappa shape index (κ3) is 2.71. The molecule has 5 aromatic rings. The van der Waals surface area contributed by atoms with Crippen LogP contribution in [0, 0.1) is 0 Å². The summed E-state index contributed by atoms with van der Waals surface area (Å²) < 4.78 is 2.37. The Bertz CT molecular complexity index is 1470. The first-order valence-corrected chi connectivity index (χ1v) is 11.2. The van der Waals surface area contributed by atoms with Crippen molar-refractivity contribution in [3.8, 4) is 11.3 Å². The highest BCUT2D eigenvalue weighted by atomic mass is 15.0. The highest BCUT2D eigenvalue weighted by Gasteiger charge is 2.34. The van der Waals surface area contributed by atoms with Gasteiger partial charge in [0.05, 0.1) is 5.69 Å². The Morgan fingerprint density at radius 2 is 1.28 bits per heavy atom. The highest BCUT2D eigenvalue weighted by Crippen LogP contribution is 2.53. The zero-order chi connectivity index (χ0) is 21.7. The van der Waals surface area contributed by atoms with E-state index in [0.717, 1.165) is 0 Å². The molecule has 0 amide bonds. The Hall–Kier alpha value is -3.84. The number of rotatable bonds is 3. The molecule has 1 heteroatoms. The Morgan fingerprint density at radius 3 is 2.06 bits per heavy atom. The first-order chi connectivity index (χ1) is 15.8. The van der Waals surface area contributed by atoms with Gasteiger partial charge >= 0.3 is 0 Å². The van der Waals surface area contributed by atoms with E-state index < -0.39 is 0 Å². The fourth-order valence-electron chi connectivity index (χ4n) is 5.53. The summed E-state index contributed by atoms with van der Waals surface area (Å²) in [5.41, 5.74) is 12.1. The third-order valence-electron chi connectivity index (χ3n) is 6.92. The molecule has 1 aliphatic carbocycles. The van der Waals surface area contributed by atoms with Crippen molar-refractivity contribution < 1.29 is 0 Å². The summed E-state index contributed by atoms with van der Waals surface area (Å²) in [5.74, 6) is 0.223. The van der Waals surface area contributed by atoms with Gasteiger partial charge in [0, 0.05) is 29.4 Å². The Kier molecular flexibility index (Phi) is 4.36. The summed E-state index contributed by atoms with van der Waals surface area (Å²) in [4.78, 5) is 0. The minimum Gasteiger partial charge on any atom is -0.343 e. The fraction of sp³-hybridized carbons (Fsp3) is 0.0968. The maximum atomic E-state index is 2.37. The van der Waals surface area contributed by atoms with Crippen molar-refractivity contribution >= 4 is 22.0 Å². The molecular weight excluding hydrogens is 386 g/mol.